The predicted octanol–water partition coefficient (Wildman–Crippen LogP) is -0.397. The molecule has 0 bridgehead atoms. The molecule has 3 rings (SSSR count). The Kier molecular flexibility index (Phi) is 0.935. The van der Waals surface area contributed by atoms with Gasteiger partial charge in [0.05, 0.1) is 18.1 Å². The van der Waals surface area contributed by atoms with Crippen LogP contribution in [0, 0.1) is 0 Å². The standard InChI is InChI=1S/C8H6N4/c1-2-12-6(4-9-1)3-7-8(12)11-5-10-7/h1,3-5H,2H2. The van der Waals surface area contributed by atoms with E-state index in [-0.39, 0.29) is 0 Å². The molecule has 0 radical (unpaired) electrons. The van der Waals surface area contributed by atoms with Crippen molar-refractivity contribution in [3.63, 3.8) is 0 Å². The topological polar surface area (TPSA) is 42.0 Å². The van der Waals surface area contributed by atoms with Gasteiger partial charge in [0.25, 0.3) is 0 Å². The Hall–Kier alpha value is -1.71. The minimum absolute atomic E-state index is 0.800. The summed E-state index contributed by atoms with van der Waals surface area (Å²) < 4.78 is 2.09. The zero-order chi connectivity index (χ0) is 7.97. The first-order chi connectivity index (χ1) is 5.95. The monoisotopic (exact) mass is 158 g/mol. The van der Waals surface area contributed by atoms with Gasteiger partial charge in [0.15, 0.2) is 5.49 Å². The van der Waals surface area contributed by atoms with Gasteiger partial charge in [-0.3, -0.25) is 4.99 Å². The van der Waals surface area contributed by atoms with Gasteiger partial charge in [0, 0.05) is 6.21 Å². The molecule has 4 nitrogen and oxygen atoms in total. The highest BCUT2D eigenvalue weighted by Gasteiger charge is 2.08. The van der Waals surface area contributed by atoms with Crippen LogP contribution in [-0.4, -0.2) is 17.1 Å². The van der Waals surface area contributed by atoms with Crippen LogP contribution >= 0.6 is 0 Å². The molecule has 0 unspecified atom stereocenters. The predicted molar refractivity (Wildman–Crippen MR) is 46.3 cm³/mol. The molecule has 0 aromatic carbocycles. The number of fused-ring (bicyclic) bond motifs is 3. The maximum Gasteiger partial charge on any atom is 0.161 e. The van der Waals surface area contributed by atoms with Crippen LogP contribution in [0.3, 0.4) is 0 Å². The first kappa shape index (κ1) is 5.88. The van der Waals surface area contributed by atoms with Crippen molar-refractivity contribution >= 4 is 24.4 Å². The van der Waals surface area contributed by atoms with E-state index in [9.17, 15) is 0 Å². The lowest BCUT2D eigenvalue weighted by molar-refractivity contribution is 0.789. The van der Waals surface area contributed by atoms with Gasteiger partial charge in [-0.2, -0.15) is 0 Å². The summed E-state index contributed by atoms with van der Waals surface area (Å²) in [7, 11) is 0. The smallest absolute Gasteiger partial charge is 0.161 e. The highest BCUT2D eigenvalue weighted by atomic mass is 15.1. The SMILES string of the molecule is C1=NC=c2cc3c(n2C1)=NC=N3. The first-order valence-electron chi connectivity index (χ1n) is 3.77. The Morgan fingerprint density at radius 1 is 1.42 bits per heavy atom. The van der Waals surface area contributed by atoms with Crippen molar-refractivity contribution < 1.29 is 0 Å². The fourth-order valence-corrected chi connectivity index (χ4v) is 1.48. The molecule has 4 heteroatoms. The molecule has 0 fully saturated rings. The molecule has 1 aromatic heterocycles. The van der Waals surface area contributed by atoms with Crippen LogP contribution in [0.5, 0.6) is 0 Å². The summed E-state index contributed by atoms with van der Waals surface area (Å²) in [5.74, 6) is 0. The molecule has 0 saturated carbocycles. The second-order valence-electron chi connectivity index (χ2n) is 2.72. The number of aromatic nitrogens is 1. The maximum atomic E-state index is 4.16. The second-order valence-corrected chi connectivity index (χ2v) is 2.72. The Bertz CT molecular complexity index is 504. The van der Waals surface area contributed by atoms with Crippen LogP contribution < -0.4 is 10.8 Å². The van der Waals surface area contributed by atoms with E-state index in [2.05, 4.69) is 19.5 Å². The molecule has 3 heterocycles. The van der Waals surface area contributed by atoms with Crippen LogP contribution in [0.1, 0.15) is 0 Å². The van der Waals surface area contributed by atoms with Crippen molar-refractivity contribution in [3.8, 4) is 0 Å². The van der Waals surface area contributed by atoms with E-state index in [1.54, 1.807) is 6.34 Å². The minimum Gasteiger partial charge on any atom is -0.318 e. The van der Waals surface area contributed by atoms with Crippen molar-refractivity contribution in [3.05, 3.63) is 16.9 Å². The van der Waals surface area contributed by atoms with Crippen LogP contribution in [0.2, 0.25) is 0 Å². The molecule has 0 aliphatic carbocycles. The Morgan fingerprint density at radius 3 is 3.42 bits per heavy atom. The molecule has 58 valence electrons. The summed E-state index contributed by atoms with van der Waals surface area (Å²) in [5.41, 5.74) is 1.90. The number of hydrogen-bond acceptors (Lipinski definition) is 3. The van der Waals surface area contributed by atoms with Crippen molar-refractivity contribution in [1.82, 2.24) is 4.57 Å². The summed E-state index contributed by atoms with van der Waals surface area (Å²) in [5, 5.41) is 1.09. The van der Waals surface area contributed by atoms with Crippen molar-refractivity contribution in [1.29, 1.82) is 0 Å². The number of hydrogen-bond donors (Lipinski definition) is 0. The Balaban J connectivity index is 2.48. The van der Waals surface area contributed by atoms with E-state index in [1.165, 1.54) is 0 Å². The fourth-order valence-electron chi connectivity index (χ4n) is 1.48. The lowest BCUT2D eigenvalue weighted by atomic mass is 10.5. The largest absolute Gasteiger partial charge is 0.318 e. The molecular weight excluding hydrogens is 152 g/mol. The molecular formula is C8H6N4. The molecule has 0 amide bonds. The van der Waals surface area contributed by atoms with Gasteiger partial charge in [0.1, 0.15) is 12.0 Å². The van der Waals surface area contributed by atoms with Gasteiger partial charge in [-0.15, -0.1) is 0 Å². The lowest BCUT2D eigenvalue weighted by Crippen LogP contribution is -2.28. The van der Waals surface area contributed by atoms with E-state index in [0.717, 1.165) is 23.1 Å². The van der Waals surface area contributed by atoms with Crippen molar-refractivity contribution in [2.24, 2.45) is 15.0 Å². The lowest BCUT2D eigenvalue weighted by Gasteiger charge is -2.00. The Morgan fingerprint density at radius 2 is 2.42 bits per heavy atom. The zero-order valence-corrected chi connectivity index (χ0v) is 6.31. The van der Waals surface area contributed by atoms with Gasteiger partial charge in [-0.25, -0.2) is 9.98 Å². The van der Waals surface area contributed by atoms with E-state index in [4.69, 9.17) is 0 Å². The average molecular weight is 158 g/mol. The van der Waals surface area contributed by atoms with Crippen LogP contribution in [0.15, 0.2) is 21.0 Å². The number of aliphatic imine (C=N–C) groups is 2. The van der Waals surface area contributed by atoms with E-state index in [1.807, 2.05) is 18.5 Å². The van der Waals surface area contributed by atoms with Gasteiger partial charge < -0.3 is 4.57 Å². The van der Waals surface area contributed by atoms with Crippen molar-refractivity contribution in [2.45, 2.75) is 6.54 Å². The number of nitrogens with zero attached hydrogens (tertiary/aromatic N) is 4. The fraction of sp³-hybridized carbons (Fsp3) is 0.125. The first-order valence-corrected chi connectivity index (χ1v) is 3.77. The van der Waals surface area contributed by atoms with E-state index in [0.29, 0.717) is 0 Å². The third-order valence-electron chi connectivity index (χ3n) is 2.03. The van der Waals surface area contributed by atoms with Crippen LogP contribution in [0.25, 0.3) is 6.20 Å². The molecule has 0 atom stereocenters. The molecule has 2 aliphatic heterocycles. The van der Waals surface area contributed by atoms with Crippen molar-refractivity contribution in [2.75, 3.05) is 0 Å². The van der Waals surface area contributed by atoms with E-state index >= 15 is 0 Å². The molecule has 2 aliphatic rings. The summed E-state index contributed by atoms with van der Waals surface area (Å²) in [4.78, 5) is 12.3. The maximum absolute atomic E-state index is 4.16. The minimum atomic E-state index is 0.800. The van der Waals surface area contributed by atoms with Crippen LogP contribution in [0.4, 0.5) is 5.69 Å². The summed E-state index contributed by atoms with van der Waals surface area (Å²) in [6.07, 6.45) is 5.28. The van der Waals surface area contributed by atoms with Gasteiger partial charge >= 0.3 is 0 Å². The van der Waals surface area contributed by atoms with E-state index < -0.39 is 0 Å². The summed E-state index contributed by atoms with van der Waals surface area (Å²) in [6.45, 7) is 0.800. The van der Waals surface area contributed by atoms with Gasteiger partial charge in [0.2, 0.25) is 0 Å². The molecule has 0 N–H and O–H groups in total. The highest BCUT2D eigenvalue weighted by molar-refractivity contribution is 5.68. The second kappa shape index (κ2) is 1.91. The summed E-state index contributed by atoms with van der Waals surface area (Å²) in [6, 6.07) is 2.00. The van der Waals surface area contributed by atoms with Crippen LogP contribution in [-0.2, 0) is 6.54 Å². The molecule has 0 saturated heterocycles. The molecule has 0 spiro atoms. The zero-order valence-electron chi connectivity index (χ0n) is 6.31. The average Bonchev–Trinajstić information content (AvgIpc) is 2.62. The quantitative estimate of drug-likeness (QED) is 0.493. The molecule has 1 aromatic rings. The highest BCUT2D eigenvalue weighted by Crippen LogP contribution is 2.04. The number of rotatable bonds is 0. The normalized spacial score (nSPS) is 16.7. The van der Waals surface area contributed by atoms with Gasteiger partial charge in [-0.05, 0) is 6.07 Å². The third kappa shape index (κ3) is 0.592. The molecule has 12 heavy (non-hydrogen) atoms. The summed E-state index contributed by atoms with van der Waals surface area (Å²) >= 11 is 0. The van der Waals surface area contributed by atoms with Gasteiger partial charge in [-0.1, -0.05) is 0 Å². The Labute approximate surface area is 68.3 Å². The third-order valence-corrected chi connectivity index (χ3v) is 2.03.